The summed E-state index contributed by atoms with van der Waals surface area (Å²) in [6, 6.07) is 5.83. The summed E-state index contributed by atoms with van der Waals surface area (Å²) in [4.78, 5) is 0. The molecule has 0 unspecified atom stereocenters. The number of rotatable bonds is 4. The first kappa shape index (κ1) is 11.2. The summed E-state index contributed by atoms with van der Waals surface area (Å²) < 4.78 is 10.2. The highest BCUT2D eigenvalue weighted by atomic mass is 32.1. The normalized spacial score (nSPS) is 11.2. The third-order valence-corrected chi connectivity index (χ3v) is 3.19. The minimum absolute atomic E-state index is 0.154. The molecule has 1 N–H and O–H groups in total. The minimum atomic E-state index is 0.154. The van der Waals surface area contributed by atoms with Crippen molar-refractivity contribution in [3.63, 3.8) is 0 Å². The molecule has 7 heteroatoms. The Balaban J connectivity index is 1.98. The summed E-state index contributed by atoms with van der Waals surface area (Å²) in [6.07, 6.45) is 2.54. The highest BCUT2D eigenvalue weighted by molar-refractivity contribution is 7.00. The summed E-state index contributed by atoms with van der Waals surface area (Å²) in [5, 5.41) is 17.0. The van der Waals surface area contributed by atoms with Crippen LogP contribution < -0.4 is 0 Å². The van der Waals surface area contributed by atoms with Crippen LogP contribution in [0.5, 0.6) is 0 Å². The largest absolute Gasteiger partial charge is 0.396 e. The van der Waals surface area contributed by atoms with Crippen molar-refractivity contribution < 1.29 is 5.11 Å². The van der Waals surface area contributed by atoms with Gasteiger partial charge in [0.25, 0.3) is 0 Å². The van der Waals surface area contributed by atoms with E-state index in [2.05, 4.69) is 19.1 Å². The number of aliphatic hydroxyl groups excluding tert-OH is 1. The van der Waals surface area contributed by atoms with Gasteiger partial charge in [0.2, 0.25) is 0 Å². The zero-order chi connectivity index (χ0) is 12.4. The lowest BCUT2D eigenvalue weighted by Crippen LogP contribution is -2.00. The number of aromatic nitrogens is 5. The molecule has 0 aliphatic carbocycles. The van der Waals surface area contributed by atoms with E-state index in [9.17, 15) is 0 Å². The lowest BCUT2D eigenvalue weighted by molar-refractivity contribution is 0.276. The van der Waals surface area contributed by atoms with Crippen LogP contribution in [0.4, 0.5) is 0 Å². The fraction of sp³-hybridized carbons (Fsp3) is 0.273. The fourth-order valence-electron chi connectivity index (χ4n) is 1.78. The maximum Gasteiger partial charge on any atom is 0.115 e. The van der Waals surface area contributed by atoms with Crippen molar-refractivity contribution in [2.75, 3.05) is 6.61 Å². The molecule has 1 aromatic carbocycles. The van der Waals surface area contributed by atoms with Gasteiger partial charge in [0.1, 0.15) is 16.7 Å². The van der Waals surface area contributed by atoms with E-state index >= 15 is 0 Å². The maximum absolute atomic E-state index is 8.79. The SMILES string of the molecule is OCCCn1cc(-c2cccc3nsnc23)nn1. The Bertz CT molecular complexity index is 662. The second-order valence-corrected chi connectivity index (χ2v) is 4.41. The van der Waals surface area contributed by atoms with Crippen LogP contribution in [-0.4, -0.2) is 35.5 Å². The second-order valence-electron chi connectivity index (χ2n) is 3.88. The van der Waals surface area contributed by atoms with Gasteiger partial charge in [-0.15, -0.1) is 5.10 Å². The molecular formula is C11H11N5OS. The van der Waals surface area contributed by atoms with E-state index < -0.39 is 0 Å². The summed E-state index contributed by atoms with van der Waals surface area (Å²) in [7, 11) is 0. The highest BCUT2D eigenvalue weighted by Gasteiger charge is 2.10. The molecule has 0 radical (unpaired) electrons. The Hall–Kier alpha value is -1.86. The first-order chi connectivity index (χ1) is 8.88. The molecule has 3 aromatic rings. The smallest absolute Gasteiger partial charge is 0.115 e. The highest BCUT2D eigenvalue weighted by Crippen LogP contribution is 2.25. The molecule has 0 amide bonds. The summed E-state index contributed by atoms with van der Waals surface area (Å²) in [5.74, 6) is 0. The standard InChI is InChI=1S/C11H11N5OS/c17-6-2-5-16-7-10(12-15-16)8-3-1-4-9-11(8)14-18-13-9/h1,3-4,7,17H,2,5-6H2. The Morgan fingerprint density at radius 1 is 1.28 bits per heavy atom. The third-order valence-electron chi connectivity index (χ3n) is 2.65. The van der Waals surface area contributed by atoms with Crippen LogP contribution in [-0.2, 0) is 6.54 Å². The third kappa shape index (κ3) is 1.98. The molecule has 0 bridgehead atoms. The van der Waals surface area contributed by atoms with Gasteiger partial charge >= 0.3 is 0 Å². The topological polar surface area (TPSA) is 76.7 Å². The maximum atomic E-state index is 8.79. The summed E-state index contributed by atoms with van der Waals surface area (Å²) in [6.45, 7) is 0.815. The fourth-order valence-corrected chi connectivity index (χ4v) is 2.33. The molecule has 0 atom stereocenters. The zero-order valence-electron chi connectivity index (χ0n) is 9.52. The Morgan fingerprint density at radius 2 is 2.22 bits per heavy atom. The van der Waals surface area contributed by atoms with Gasteiger partial charge in [0, 0.05) is 18.7 Å². The van der Waals surface area contributed by atoms with Gasteiger partial charge in [0.15, 0.2) is 0 Å². The average Bonchev–Trinajstić information content (AvgIpc) is 3.04. The van der Waals surface area contributed by atoms with Gasteiger partial charge in [-0.25, -0.2) is 0 Å². The van der Waals surface area contributed by atoms with Gasteiger partial charge in [0.05, 0.1) is 17.9 Å². The Labute approximate surface area is 107 Å². The van der Waals surface area contributed by atoms with E-state index in [0.29, 0.717) is 13.0 Å². The molecule has 2 aromatic heterocycles. The number of fused-ring (bicyclic) bond motifs is 1. The van der Waals surface area contributed by atoms with Crippen LogP contribution in [0.15, 0.2) is 24.4 Å². The van der Waals surface area contributed by atoms with Crippen molar-refractivity contribution in [1.29, 1.82) is 0 Å². The molecule has 6 nitrogen and oxygen atoms in total. The minimum Gasteiger partial charge on any atom is -0.396 e. The molecule has 18 heavy (non-hydrogen) atoms. The number of aryl methyl sites for hydroxylation is 1. The van der Waals surface area contributed by atoms with E-state index in [1.54, 1.807) is 4.68 Å². The molecule has 0 spiro atoms. The Kier molecular flexibility index (Phi) is 2.99. The lowest BCUT2D eigenvalue weighted by Gasteiger charge is -1.96. The number of aliphatic hydroxyl groups is 1. The molecule has 92 valence electrons. The predicted molar refractivity (Wildman–Crippen MR) is 68.1 cm³/mol. The zero-order valence-corrected chi connectivity index (χ0v) is 10.3. The van der Waals surface area contributed by atoms with Gasteiger partial charge in [-0.05, 0) is 12.5 Å². The average molecular weight is 261 g/mol. The van der Waals surface area contributed by atoms with Crippen LogP contribution in [0, 0.1) is 0 Å². The van der Waals surface area contributed by atoms with E-state index in [1.165, 1.54) is 11.7 Å². The van der Waals surface area contributed by atoms with Gasteiger partial charge in [-0.2, -0.15) is 8.75 Å². The van der Waals surface area contributed by atoms with Crippen LogP contribution in [0.2, 0.25) is 0 Å². The molecule has 0 fully saturated rings. The molecular weight excluding hydrogens is 250 g/mol. The number of hydrogen-bond acceptors (Lipinski definition) is 6. The first-order valence-corrected chi connectivity index (χ1v) is 6.34. The van der Waals surface area contributed by atoms with Crippen molar-refractivity contribution in [2.45, 2.75) is 13.0 Å². The molecule has 0 aliphatic heterocycles. The van der Waals surface area contributed by atoms with Gasteiger partial charge in [-0.3, -0.25) is 4.68 Å². The van der Waals surface area contributed by atoms with Gasteiger partial charge < -0.3 is 5.11 Å². The van der Waals surface area contributed by atoms with Crippen LogP contribution in [0.3, 0.4) is 0 Å². The predicted octanol–water partition coefficient (Wildman–Crippen LogP) is 1.33. The molecule has 2 heterocycles. The number of nitrogens with zero attached hydrogens (tertiary/aromatic N) is 5. The van der Waals surface area contributed by atoms with E-state index in [4.69, 9.17) is 5.11 Å². The van der Waals surface area contributed by atoms with Crippen LogP contribution in [0.1, 0.15) is 6.42 Å². The van der Waals surface area contributed by atoms with E-state index in [-0.39, 0.29) is 6.61 Å². The second kappa shape index (κ2) is 4.79. The molecule has 0 saturated heterocycles. The number of hydrogen-bond donors (Lipinski definition) is 1. The van der Waals surface area contributed by atoms with Crippen molar-refractivity contribution in [3.05, 3.63) is 24.4 Å². The van der Waals surface area contributed by atoms with Crippen LogP contribution >= 0.6 is 11.7 Å². The van der Waals surface area contributed by atoms with Crippen molar-refractivity contribution in [2.24, 2.45) is 0 Å². The Morgan fingerprint density at radius 3 is 3.11 bits per heavy atom. The number of benzene rings is 1. The van der Waals surface area contributed by atoms with E-state index in [1.807, 2.05) is 24.4 Å². The lowest BCUT2D eigenvalue weighted by atomic mass is 10.1. The van der Waals surface area contributed by atoms with Crippen LogP contribution in [0.25, 0.3) is 22.3 Å². The van der Waals surface area contributed by atoms with Crippen molar-refractivity contribution in [3.8, 4) is 11.3 Å². The van der Waals surface area contributed by atoms with E-state index in [0.717, 1.165) is 22.3 Å². The monoisotopic (exact) mass is 261 g/mol. The summed E-state index contributed by atoms with van der Waals surface area (Å²) >= 11 is 1.19. The molecule has 0 saturated carbocycles. The van der Waals surface area contributed by atoms with Crippen molar-refractivity contribution >= 4 is 22.8 Å². The first-order valence-electron chi connectivity index (χ1n) is 5.61. The molecule has 3 rings (SSSR count). The quantitative estimate of drug-likeness (QED) is 0.766. The van der Waals surface area contributed by atoms with Gasteiger partial charge in [-0.1, -0.05) is 17.3 Å². The summed E-state index contributed by atoms with van der Waals surface area (Å²) in [5.41, 5.74) is 3.46. The molecule has 0 aliphatic rings. The van der Waals surface area contributed by atoms with Crippen molar-refractivity contribution in [1.82, 2.24) is 23.7 Å².